The molecule has 1 N–H and O–H groups in total. The van der Waals surface area contributed by atoms with Crippen molar-refractivity contribution in [2.24, 2.45) is 0 Å². The predicted octanol–water partition coefficient (Wildman–Crippen LogP) is 1.90. The number of carbonyl (C=O) groups excluding carboxylic acids is 1. The first-order chi connectivity index (χ1) is 8.93. The summed E-state index contributed by atoms with van der Waals surface area (Å²) in [5, 5.41) is 8.64. The average Bonchev–Trinajstić information content (AvgIpc) is 2.34. The van der Waals surface area contributed by atoms with Crippen LogP contribution in [0.1, 0.15) is 6.92 Å². The van der Waals surface area contributed by atoms with Crippen LogP contribution in [0.25, 0.3) is 0 Å². The number of amides is 1. The molecule has 0 atom stereocenters. The number of carboxylic acids is 1. The smallest absolute Gasteiger partial charge is 0.323 e. The fourth-order valence-electron chi connectivity index (χ4n) is 1.36. The number of carboxylic acid groups (broad SMARTS) is 1. The van der Waals surface area contributed by atoms with Crippen molar-refractivity contribution in [3.05, 3.63) is 28.5 Å². The molecule has 5 nitrogen and oxygen atoms in total. The van der Waals surface area contributed by atoms with Gasteiger partial charge in [-0.3, -0.25) is 9.59 Å². The number of hydrogen-bond acceptors (Lipinski definition) is 3. The summed E-state index contributed by atoms with van der Waals surface area (Å²) in [5.74, 6) is -1.63. The SMILES string of the molecule is CCN(CC(=O)O)C(=O)COc1ccc(F)cc1Br. The van der Waals surface area contributed by atoms with Crippen molar-refractivity contribution >= 4 is 27.8 Å². The van der Waals surface area contributed by atoms with Gasteiger partial charge >= 0.3 is 5.97 Å². The molecule has 1 aromatic rings. The zero-order chi connectivity index (χ0) is 14.4. The number of halogens is 2. The summed E-state index contributed by atoms with van der Waals surface area (Å²) in [6, 6.07) is 3.81. The number of nitrogens with zero attached hydrogens (tertiary/aromatic N) is 1. The maximum atomic E-state index is 12.8. The Morgan fingerprint density at radius 1 is 1.47 bits per heavy atom. The maximum absolute atomic E-state index is 12.8. The molecular weight excluding hydrogens is 321 g/mol. The first-order valence-corrected chi connectivity index (χ1v) is 6.30. The average molecular weight is 334 g/mol. The second-order valence-electron chi connectivity index (χ2n) is 3.67. The molecule has 1 aromatic carbocycles. The molecule has 19 heavy (non-hydrogen) atoms. The van der Waals surface area contributed by atoms with Gasteiger partial charge in [0.2, 0.25) is 0 Å². The fraction of sp³-hybridized carbons (Fsp3) is 0.333. The molecule has 0 aliphatic rings. The van der Waals surface area contributed by atoms with Crippen LogP contribution in [0.4, 0.5) is 4.39 Å². The van der Waals surface area contributed by atoms with Gasteiger partial charge < -0.3 is 14.7 Å². The predicted molar refractivity (Wildman–Crippen MR) is 69.5 cm³/mol. The zero-order valence-electron chi connectivity index (χ0n) is 10.2. The van der Waals surface area contributed by atoms with E-state index in [1.54, 1.807) is 6.92 Å². The molecular formula is C12H13BrFNO4. The van der Waals surface area contributed by atoms with E-state index >= 15 is 0 Å². The highest BCUT2D eigenvalue weighted by atomic mass is 79.9. The van der Waals surface area contributed by atoms with Gasteiger partial charge in [-0.1, -0.05) is 0 Å². The topological polar surface area (TPSA) is 66.8 Å². The van der Waals surface area contributed by atoms with E-state index in [-0.39, 0.29) is 19.7 Å². The van der Waals surface area contributed by atoms with Crippen LogP contribution in [-0.4, -0.2) is 41.6 Å². The number of hydrogen-bond donors (Lipinski definition) is 1. The molecule has 0 aromatic heterocycles. The summed E-state index contributed by atoms with van der Waals surface area (Å²) >= 11 is 3.11. The first kappa shape index (κ1) is 15.4. The van der Waals surface area contributed by atoms with Crippen LogP contribution in [0.15, 0.2) is 22.7 Å². The van der Waals surface area contributed by atoms with Crippen LogP contribution in [0, 0.1) is 5.82 Å². The Kier molecular flexibility index (Phi) is 5.75. The third-order valence-electron chi connectivity index (χ3n) is 2.31. The quantitative estimate of drug-likeness (QED) is 0.863. The molecule has 1 amide bonds. The summed E-state index contributed by atoms with van der Waals surface area (Å²) in [6.07, 6.45) is 0. The van der Waals surface area contributed by atoms with Crippen molar-refractivity contribution in [1.29, 1.82) is 0 Å². The van der Waals surface area contributed by atoms with E-state index in [9.17, 15) is 14.0 Å². The van der Waals surface area contributed by atoms with Gasteiger partial charge in [0.1, 0.15) is 18.1 Å². The van der Waals surface area contributed by atoms with Crippen LogP contribution in [0.5, 0.6) is 5.75 Å². The molecule has 0 bridgehead atoms. The van der Waals surface area contributed by atoms with Crippen LogP contribution >= 0.6 is 15.9 Å². The minimum absolute atomic E-state index is 0.277. The first-order valence-electron chi connectivity index (χ1n) is 5.51. The number of ether oxygens (including phenoxy) is 1. The standard InChI is InChI=1S/C12H13BrFNO4/c1-2-15(6-12(17)18)11(16)7-19-10-4-3-8(14)5-9(10)13/h3-5H,2,6-7H2,1H3,(H,17,18). The molecule has 0 aliphatic carbocycles. The summed E-state index contributed by atoms with van der Waals surface area (Å²) in [4.78, 5) is 23.4. The minimum atomic E-state index is -1.09. The summed E-state index contributed by atoms with van der Waals surface area (Å²) in [5.41, 5.74) is 0. The zero-order valence-corrected chi connectivity index (χ0v) is 11.8. The summed E-state index contributed by atoms with van der Waals surface area (Å²) < 4.78 is 18.5. The van der Waals surface area contributed by atoms with Crippen molar-refractivity contribution in [1.82, 2.24) is 4.90 Å². The number of carbonyl (C=O) groups is 2. The van der Waals surface area contributed by atoms with Gasteiger partial charge in [0, 0.05) is 6.54 Å². The van der Waals surface area contributed by atoms with E-state index in [1.807, 2.05) is 0 Å². The molecule has 0 saturated heterocycles. The molecule has 0 aliphatic heterocycles. The van der Waals surface area contributed by atoms with Gasteiger partial charge in [0.25, 0.3) is 5.91 Å². The molecule has 0 unspecified atom stereocenters. The van der Waals surface area contributed by atoms with Gasteiger partial charge in [-0.25, -0.2) is 4.39 Å². The lowest BCUT2D eigenvalue weighted by Gasteiger charge is -2.18. The Morgan fingerprint density at radius 2 is 2.16 bits per heavy atom. The highest BCUT2D eigenvalue weighted by Gasteiger charge is 2.16. The van der Waals surface area contributed by atoms with Crippen LogP contribution < -0.4 is 4.74 Å². The summed E-state index contributed by atoms with van der Waals surface area (Å²) in [7, 11) is 0. The van der Waals surface area contributed by atoms with Crippen LogP contribution in [0.3, 0.4) is 0 Å². The van der Waals surface area contributed by atoms with E-state index in [4.69, 9.17) is 9.84 Å². The van der Waals surface area contributed by atoms with Crippen molar-refractivity contribution in [3.8, 4) is 5.75 Å². The Labute approximate surface area is 118 Å². The van der Waals surface area contributed by atoms with Crippen LogP contribution in [0.2, 0.25) is 0 Å². The lowest BCUT2D eigenvalue weighted by molar-refractivity contribution is -0.145. The van der Waals surface area contributed by atoms with E-state index in [0.29, 0.717) is 10.2 Å². The highest BCUT2D eigenvalue weighted by Crippen LogP contribution is 2.25. The largest absolute Gasteiger partial charge is 0.483 e. The van der Waals surface area contributed by atoms with Gasteiger partial charge in [0.15, 0.2) is 6.61 Å². The highest BCUT2D eigenvalue weighted by molar-refractivity contribution is 9.10. The molecule has 0 spiro atoms. The summed E-state index contributed by atoms with van der Waals surface area (Å²) in [6.45, 7) is 1.28. The van der Waals surface area contributed by atoms with E-state index in [1.165, 1.54) is 18.2 Å². The van der Waals surface area contributed by atoms with Gasteiger partial charge in [-0.2, -0.15) is 0 Å². The lowest BCUT2D eigenvalue weighted by atomic mass is 10.3. The number of rotatable bonds is 6. The molecule has 0 saturated carbocycles. The maximum Gasteiger partial charge on any atom is 0.323 e. The van der Waals surface area contributed by atoms with Crippen molar-refractivity contribution in [2.75, 3.05) is 19.7 Å². The Morgan fingerprint density at radius 3 is 2.68 bits per heavy atom. The number of likely N-dealkylation sites (N-methyl/N-ethyl adjacent to an activating group) is 1. The minimum Gasteiger partial charge on any atom is -0.483 e. The van der Waals surface area contributed by atoms with Gasteiger partial charge in [-0.05, 0) is 41.1 Å². The van der Waals surface area contributed by atoms with Gasteiger partial charge in [-0.15, -0.1) is 0 Å². The van der Waals surface area contributed by atoms with E-state index in [0.717, 1.165) is 4.90 Å². The van der Waals surface area contributed by atoms with Crippen molar-refractivity contribution in [2.45, 2.75) is 6.92 Å². The molecule has 0 radical (unpaired) electrons. The molecule has 0 fully saturated rings. The Bertz CT molecular complexity index is 481. The van der Waals surface area contributed by atoms with Crippen LogP contribution in [-0.2, 0) is 9.59 Å². The Balaban J connectivity index is 2.60. The molecule has 7 heteroatoms. The van der Waals surface area contributed by atoms with Gasteiger partial charge in [0.05, 0.1) is 4.47 Å². The van der Waals surface area contributed by atoms with E-state index in [2.05, 4.69) is 15.9 Å². The third-order valence-corrected chi connectivity index (χ3v) is 2.93. The molecule has 1 rings (SSSR count). The second kappa shape index (κ2) is 7.08. The molecule has 0 heterocycles. The molecule has 104 valence electrons. The number of aliphatic carboxylic acids is 1. The second-order valence-corrected chi connectivity index (χ2v) is 4.52. The third kappa shape index (κ3) is 4.86. The van der Waals surface area contributed by atoms with Crippen molar-refractivity contribution in [3.63, 3.8) is 0 Å². The normalized spacial score (nSPS) is 10.1. The monoisotopic (exact) mass is 333 g/mol. The Hall–Kier alpha value is -1.63. The van der Waals surface area contributed by atoms with E-state index < -0.39 is 17.7 Å². The fourth-order valence-corrected chi connectivity index (χ4v) is 1.83. The number of benzene rings is 1. The lowest BCUT2D eigenvalue weighted by Crippen LogP contribution is -2.38. The van der Waals surface area contributed by atoms with Crippen molar-refractivity contribution < 1.29 is 23.8 Å².